The molecule has 2 amide bonds. The lowest BCUT2D eigenvalue weighted by Gasteiger charge is -2.25. The Balaban J connectivity index is 1.39. The minimum Gasteiger partial charge on any atom is -0.486 e. The Bertz CT molecular complexity index is 790. The summed E-state index contributed by atoms with van der Waals surface area (Å²) in [5.74, 6) is 1.54. The largest absolute Gasteiger partial charge is 0.486 e. The number of nitrogens with zero attached hydrogens (tertiary/aromatic N) is 2. The summed E-state index contributed by atoms with van der Waals surface area (Å²) in [5.41, 5.74) is 1.97. The van der Waals surface area contributed by atoms with Crippen molar-refractivity contribution in [3.8, 4) is 11.5 Å². The third-order valence-corrected chi connectivity index (χ3v) is 5.02. The monoisotopic (exact) mass is 353 g/mol. The zero-order chi connectivity index (χ0) is 18.0. The van der Waals surface area contributed by atoms with Crippen LogP contribution in [0.3, 0.4) is 0 Å². The van der Waals surface area contributed by atoms with Gasteiger partial charge in [0, 0.05) is 26.0 Å². The molecule has 26 heavy (non-hydrogen) atoms. The van der Waals surface area contributed by atoms with Crippen LogP contribution in [-0.4, -0.2) is 42.7 Å². The van der Waals surface area contributed by atoms with E-state index in [0.29, 0.717) is 19.8 Å². The quantitative estimate of drug-likeness (QED) is 0.898. The normalized spacial score (nSPS) is 16.7. The van der Waals surface area contributed by atoms with Crippen molar-refractivity contribution >= 4 is 6.03 Å². The molecular weight excluding hydrogens is 330 g/mol. The molecule has 6 heteroatoms. The van der Waals surface area contributed by atoms with Crippen LogP contribution >= 0.6 is 0 Å². The van der Waals surface area contributed by atoms with E-state index in [2.05, 4.69) is 10.3 Å². The van der Waals surface area contributed by atoms with E-state index in [1.807, 2.05) is 37.4 Å². The molecule has 2 aliphatic rings. The maximum Gasteiger partial charge on any atom is 0.317 e. The Kier molecular flexibility index (Phi) is 4.41. The molecule has 0 saturated heterocycles. The van der Waals surface area contributed by atoms with Gasteiger partial charge in [0.15, 0.2) is 11.5 Å². The van der Waals surface area contributed by atoms with Crippen LogP contribution in [0.4, 0.5) is 4.79 Å². The van der Waals surface area contributed by atoms with Gasteiger partial charge in [0.25, 0.3) is 0 Å². The summed E-state index contributed by atoms with van der Waals surface area (Å²) in [5, 5.41) is 3.20. The Morgan fingerprint density at radius 3 is 2.62 bits per heavy atom. The first-order valence-electron chi connectivity index (χ1n) is 8.99. The molecule has 1 aromatic carbocycles. The van der Waals surface area contributed by atoms with Crippen LogP contribution < -0.4 is 14.8 Å². The first kappa shape index (κ1) is 16.7. The number of benzene rings is 1. The maximum absolute atomic E-state index is 12.6. The van der Waals surface area contributed by atoms with E-state index < -0.39 is 0 Å². The molecule has 2 heterocycles. The number of ether oxygens (including phenoxy) is 2. The molecule has 1 aromatic heterocycles. The number of amides is 2. The number of fused-ring (bicyclic) bond motifs is 1. The molecule has 0 spiro atoms. The Hall–Kier alpha value is -2.76. The number of hydrogen-bond donors (Lipinski definition) is 1. The number of aromatic nitrogens is 1. The lowest BCUT2D eigenvalue weighted by Crippen LogP contribution is -2.44. The van der Waals surface area contributed by atoms with Crippen LogP contribution in [0.1, 0.15) is 24.0 Å². The van der Waals surface area contributed by atoms with Crippen LogP contribution in [0.5, 0.6) is 11.5 Å². The van der Waals surface area contributed by atoms with E-state index in [0.717, 1.165) is 36.3 Å². The van der Waals surface area contributed by atoms with Gasteiger partial charge in [-0.25, -0.2) is 4.79 Å². The summed E-state index contributed by atoms with van der Waals surface area (Å²) in [4.78, 5) is 18.4. The smallest absolute Gasteiger partial charge is 0.317 e. The van der Waals surface area contributed by atoms with Gasteiger partial charge in [-0.3, -0.25) is 4.98 Å². The number of urea groups is 1. The van der Waals surface area contributed by atoms with Crippen LogP contribution in [0.25, 0.3) is 0 Å². The molecule has 1 fully saturated rings. The van der Waals surface area contributed by atoms with Gasteiger partial charge in [0.2, 0.25) is 0 Å². The molecule has 1 N–H and O–H groups in total. The first-order valence-corrected chi connectivity index (χ1v) is 8.99. The number of carbonyl (C=O) groups is 1. The predicted octanol–water partition coefficient (Wildman–Crippen LogP) is 2.73. The van der Waals surface area contributed by atoms with E-state index in [-0.39, 0.29) is 11.6 Å². The predicted molar refractivity (Wildman–Crippen MR) is 97.4 cm³/mol. The van der Waals surface area contributed by atoms with Crippen molar-refractivity contribution < 1.29 is 14.3 Å². The van der Waals surface area contributed by atoms with Gasteiger partial charge in [0.05, 0.1) is 5.54 Å². The minimum atomic E-state index is -0.280. The Morgan fingerprint density at radius 2 is 1.88 bits per heavy atom. The minimum absolute atomic E-state index is 0.0496. The summed E-state index contributed by atoms with van der Waals surface area (Å²) in [6.07, 6.45) is 6.24. The van der Waals surface area contributed by atoms with Crippen molar-refractivity contribution in [3.05, 3.63) is 53.9 Å². The highest BCUT2D eigenvalue weighted by atomic mass is 16.6. The van der Waals surface area contributed by atoms with Gasteiger partial charge in [-0.1, -0.05) is 6.07 Å². The lowest BCUT2D eigenvalue weighted by molar-refractivity contribution is 0.171. The van der Waals surface area contributed by atoms with E-state index in [1.54, 1.807) is 17.3 Å². The number of hydrogen-bond acceptors (Lipinski definition) is 4. The van der Waals surface area contributed by atoms with Crippen molar-refractivity contribution in [1.82, 2.24) is 15.2 Å². The van der Waals surface area contributed by atoms with Gasteiger partial charge in [-0.05, 0) is 54.7 Å². The number of likely N-dealkylation sites (N-methyl/N-ethyl adjacent to an activating group) is 1. The van der Waals surface area contributed by atoms with Crippen molar-refractivity contribution in [1.29, 1.82) is 0 Å². The Morgan fingerprint density at radius 1 is 1.15 bits per heavy atom. The molecule has 1 saturated carbocycles. The van der Waals surface area contributed by atoms with Crippen molar-refractivity contribution in [2.75, 3.05) is 26.8 Å². The topological polar surface area (TPSA) is 63.7 Å². The lowest BCUT2D eigenvalue weighted by atomic mass is 10.0. The van der Waals surface area contributed by atoms with E-state index in [4.69, 9.17) is 9.47 Å². The van der Waals surface area contributed by atoms with Crippen LogP contribution in [0.2, 0.25) is 0 Å². The van der Waals surface area contributed by atoms with E-state index in [1.165, 1.54) is 5.56 Å². The average molecular weight is 353 g/mol. The molecule has 4 rings (SSSR count). The number of nitrogens with one attached hydrogen (secondary N) is 1. The molecule has 1 aliphatic heterocycles. The maximum atomic E-state index is 12.6. The molecule has 6 nitrogen and oxygen atoms in total. The standard InChI is InChI=1S/C20H23N3O3/c1-23(11-6-15-4-9-21-10-5-15)19(24)22-20(7-8-20)16-2-3-17-18(14-16)26-13-12-25-17/h2-5,9-10,14H,6-8,11-13H2,1H3,(H,22,24). The summed E-state index contributed by atoms with van der Waals surface area (Å²) < 4.78 is 11.3. The van der Waals surface area contributed by atoms with Crippen LogP contribution in [0.15, 0.2) is 42.7 Å². The molecule has 2 aromatic rings. The third kappa shape index (κ3) is 3.45. The highest BCUT2D eigenvalue weighted by molar-refractivity contribution is 5.75. The molecular formula is C20H23N3O3. The third-order valence-electron chi connectivity index (χ3n) is 5.02. The van der Waals surface area contributed by atoms with Crippen molar-refractivity contribution in [3.63, 3.8) is 0 Å². The fraction of sp³-hybridized carbons (Fsp3) is 0.400. The molecule has 0 radical (unpaired) electrons. The molecule has 1 aliphatic carbocycles. The number of carbonyl (C=O) groups excluding carboxylic acids is 1. The molecule has 0 atom stereocenters. The SMILES string of the molecule is CN(CCc1ccncc1)C(=O)NC1(c2ccc3c(c2)OCCO3)CC1. The zero-order valence-electron chi connectivity index (χ0n) is 14.9. The molecule has 136 valence electrons. The molecule has 0 unspecified atom stereocenters. The molecule has 0 bridgehead atoms. The van der Waals surface area contributed by atoms with Crippen LogP contribution in [-0.2, 0) is 12.0 Å². The second-order valence-electron chi connectivity index (χ2n) is 6.90. The van der Waals surface area contributed by atoms with Gasteiger partial charge < -0.3 is 19.7 Å². The van der Waals surface area contributed by atoms with Gasteiger partial charge in [-0.2, -0.15) is 0 Å². The highest BCUT2D eigenvalue weighted by Gasteiger charge is 2.46. The van der Waals surface area contributed by atoms with E-state index in [9.17, 15) is 4.79 Å². The van der Waals surface area contributed by atoms with E-state index >= 15 is 0 Å². The zero-order valence-corrected chi connectivity index (χ0v) is 14.9. The number of rotatable bonds is 5. The average Bonchev–Trinajstić information content (AvgIpc) is 3.47. The van der Waals surface area contributed by atoms with Crippen molar-refractivity contribution in [2.45, 2.75) is 24.8 Å². The van der Waals surface area contributed by atoms with Gasteiger partial charge in [-0.15, -0.1) is 0 Å². The summed E-state index contributed by atoms with van der Waals surface area (Å²) in [6, 6.07) is 9.86. The fourth-order valence-electron chi connectivity index (χ4n) is 3.20. The fourth-order valence-corrected chi connectivity index (χ4v) is 3.20. The second kappa shape index (κ2) is 6.86. The summed E-state index contributed by atoms with van der Waals surface area (Å²) in [6.45, 7) is 1.80. The number of pyridine rings is 1. The summed E-state index contributed by atoms with van der Waals surface area (Å²) in [7, 11) is 1.83. The summed E-state index contributed by atoms with van der Waals surface area (Å²) >= 11 is 0. The van der Waals surface area contributed by atoms with Gasteiger partial charge in [0.1, 0.15) is 13.2 Å². The van der Waals surface area contributed by atoms with Crippen LogP contribution in [0, 0.1) is 0 Å². The first-order chi connectivity index (χ1) is 12.7. The highest BCUT2D eigenvalue weighted by Crippen LogP contribution is 2.47. The second-order valence-corrected chi connectivity index (χ2v) is 6.90. The van der Waals surface area contributed by atoms with Gasteiger partial charge >= 0.3 is 6.03 Å². The van der Waals surface area contributed by atoms with Crippen molar-refractivity contribution in [2.24, 2.45) is 0 Å². The Labute approximate surface area is 153 Å².